The zero-order valence-corrected chi connectivity index (χ0v) is 83.1. The molecule has 144 heavy (non-hydrogen) atoms. The summed E-state index contributed by atoms with van der Waals surface area (Å²) in [6, 6.07) is 19.7. The van der Waals surface area contributed by atoms with E-state index in [4.69, 9.17) is 5.11 Å². The van der Waals surface area contributed by atoms with Crippen molar-refractivity contribution in [2.75, 3.05) is 105 Å². The third-order valence-corrected chi connectivity index (χ3v) is 29.0. The molecule has 40 heteroatoms. The van der Waals surface area contributed by atoms with Gasteiger partial charge in [0.1, 0.15) is 39.8 Å². The SMILES string of the molecule is C=c1nc2c(c(=O)[nH]1)=Nc1cc(C)c(C)cc1N2CCN1CCC[C@@H]1C(=O)O.C=c1nc2c(c(=O)[nH]1)=Nc1cc(C)c(C)cc1N2CCN1CCC[C@H]1C(=O)O.C=c1nc2c(c(=O)[nH]1)=Nc1cc(C)c(C)cc1N2CCN[C@@H]1CC[C@@H](C(=O)O)C1.C=c1nc2c(c(=O)[nH]1)=Nc1cc(C)c(C)cc1N2CCN[C@H]1CC[C@@H](CC(=O)O)C1.CC(=O)C1CCCN(CCn2c3nc(=O)[nH]c(=O)c-3nc3cc(C)c(C)cc32)C1. The van der Waals surface area contributed by atoms with Gasteiger partial charge in [0, 0.05) is 96.4 Å². The summed E-state index contributed by atoms with van der Waals surface area (Å²) in [5, 5.41) is 45.2. The van der Waals surface area contributed by atoms with E-state index >= 15 is 0 Å². The van der Waals surface area contributed by atoms with E-state index in [0.29, 0.717) is 153 Å². The number of carboxylic acid groups (broad SMARTS) is 4. The second-order valence-electron chi connectivity index (χ2n) is 39.0. The first-order chi connectivity index (χ1) is 68.7. The second-order valence-corrected chi connectivity index (χ2v) is 39.0. The Hall–Kier alpha value is -14.9. The Kier molecular flexibility index (Phi) is 30.6. The summed E-state index contributed by atoms with van der Waals surface area (Å²) in [7, 11) is 0. The molecule has 0 amide bonds. The van der Waals surface area contributed by atoms with Gasteiger partial charge >= 0.3 is 29.6 Å². The summed E-state index contributed by atoms with van der Waals surface area (Å²) in [6.45, 7) is 46.1. The Balaban J connectivity index is 0.000000129. The normalized spacial score (nSPS) is 19.0. The number of nitrogens with zero attached hydrogens (tertiary/aromatic N) is 18. The molecule has 2 aliphatic carbocycles. The van der Waals surface area contributed by atoms with Crippen molar-refractivity contribution in [2.45, 2.75) is 190 Å². The first-order valence-electron chi connectivity index (χ1n) is 48.9. The van der Waals surface area contributed by atoms with E-state index in [1.807, 2.05) is 145 Å². The average molecular weight is 1960 g/mol. The van der Waals surface area contributed by atoms with Crippen LogP contribution in [0.5, 0.6) is 0 Å². The molecule has 0 radical (unpaired) electrons. The molecule has 2 saturated carbocycles. The van der Waals surface area contributed by atoms with Gasteiger partial charge in [0.2, 0.25) is 0 Å². The number of nitrogens with one attached hydrogen (secondary N) is 7. The molecule has 9 aromatic rings. The lowest BCUT2D eigenvalue weighted by molar-refractivity contribution is -0.143. The Morgan fingerprint density at radius 2 is 0.771 bits per heavy atom. The van der Waals surface area contributed by atoms with Gasteiger partial charge in [0.15, 0.2) is 56.2 Å². The molecule has 11 aliphatic rings. The van der Waals surface area contributed by atoms with Crippen LogP contribution < -0.4 is 107 Å². The van der Waals surface area contributed by atoms with Gasteiger partial charge in [0.25, 0.3) is 27.8 Å². The third kappa shape index (κ3) is 22.5. The highest BCUT2D eigenvalue weighted by Crippen LogP contribution is 2.42. The predicted octanol–water partition coefficient (Wildman–Crippen LogP) is 5.48. The molecule has 0 bridgehead atoms. The first-order valence-corrected chi connectivity index (χ1v) is 48.9. The lowest BCUT2D eigenvalue weighted by atomic mass is 9.95. The van der Waals surface area contributed by atoms with Gasteiger partial charge in [-0.25, -0.2) is 49.7 Å². The number of aromatic amines is 5. The molecule has 4 aromatic heterocycles. The number of benzene rings is 5. The maximum absolute atomic E-state index is 12.5. The zero-order valence-electron chi connectivity index (χ0n) is 83.1. The van der Waals surface area contributed by atoms with Crippen molar-refractivity contribution in [3.8, 4) is 11.5 Å². The van der Waals surface area contributed by atoms with E-state index in [1.54, 1.807) is 6.92 Å². The van der Waals surface area contributed by atoms with Crippen molar-refractivity contribution < 1.29 is 44.4 Å². The number of likely N-dealkylation sites (tertiary alicyclic amines) is 3. The molecular weight excluding hydrogens is 1840 g/mol. The topological polar surface area (TPSA) is 526 Å². The van der Waals surface area contributed by atoms with Crippen molar-refractivity contribution in [3.05, 3.63) is 222 Å². The minimum atomic E-state index is -0.784. The number of hydrogen-bond donors (Lipinski definition) is 11. The molecule has 9 aliphatic heterocycles. The summed E-state index contributed by atoms with van der Waals surface area (Å²) in [6.07, 6.45) is 10.3. The van der Waals surface area contributed by atoms with Crippen LogP contribution in [-0.2, 0) is 30.5 Å². The van der Waals surface area contributed by atoms with Crippen LogP contribution in [0.1, 0.15) is 146 Å². The molecule has 13 heterocycles. The largest absolute Gasteiger partial charge is 0.481 e. The molecular formula is C104H123N25O15. The standard InChI is InChI=1S/C22H27N5O3.2C21H25N5O3.2C20H23N5O3/c1-12-8-17-18(9-13(12)2)27(21-20(26-17)22(30)25-14(3)24-21)7-6-23-16-5-4-15(10-16)11-19(28)29;1-11-8-16-17(9-12(11)2)26(19-18(25-16)20(27)24-13(3)23-19)7-6-22-15-5-4-14(10-15)21(28)29;1-12-9-16-17(10-13(12)2)26(19-18(22-16)20(28)24-21(29)23-19)8-7-25-6-4-5-15(11-25)14(3)27;2*1-11-9-14-16(10-12(11)2)25(8-7-24-6-4-5-15(24)20(27)28)18-17(23-14)19(26)22-13(3)21-18/h8-9,15-16,23H,3-7,10-11H2,1-2H3,(H,25,30)(H,28,29);8-9,14-15,22H,3-7,10H2,1-2H3,(H,24,27)(H,28,29);9-10,15H,4-8,11H2,1-3H3,(H,24,28,29);2*9-10,15H,3-8H2,1-2H3,(H,22,26)(H,27,28)/t15-,16+;14-,15-;;2*15-/m11.10/s1. The highest BCUT2D eigenvalue weighted by Gasteiger charge is 2.38. The Morgan fingerprint density at radius 1 is 0.389 bits per heavy atom. The number of Topliss-reactive ketones (excluding diaryl/α,β-unsaturated/α-hetero) is 1. The minimum absolute atomic E-state index is 0.0822. The number of piperidine rings is 1. The van der Waals surface area contributed by atoms with Gasteiger partial charge in [-0.1, -0.05) is 26.3 Å². The first kappa shape index (κ1) is 102. The number of carbonyl (C=O) groups is 5. The van der Waals surface area contributed by atoms with Gasteiger partial charge < -0.3 is 80.1 Å². The van der Waals surface area contributed by atoms with Crippen molar-refractivity contribution in [3.63, 3.8) is 0 Å². The van der Waals surface area contributed by atoms with Gasteiger partial charge in [-0.05, 0) is 295 Å². The maximum Gasteiger partial charge on any atom is 0.349 e. The molecule has 40 nitrogen and oxygen atoms in total. The van der Waals surface area contributed by atoms with E-state index in [-0.39, 0.29) is 85.6 Å². The fraction of sp³-hybridized carbons (Fsp3) is 0.433. The summed E-state index contributed by atoms with van der Waals surface area (Å²) >= 11 is 0. The predicted molar refractivity (Wildman–Crippen MR) is 548 cm³/mol. The number of ketones is 1. The van der Waals surface area contributed by atoms with Crippen LogP contribution in [0.2, 0.25) is 0 Å². The van der Waals surface area contributed by atoms with E-state index in [9.17, 15) is 68.1 Å². The van der Waals surface area contributed by atoms with Crippen LogP contribution in [-0.4, -0.2) is 233 Å². The number of carbonyl (C=O) groups excluding carboxylic acids is 1. The Morgan fingerprint density at radius 3 is 1.17 bits per heavy atom. The molecule has 0 spiro atoms. The number of anilines is 8. The summed E-state index contributed by atoms with van der Waals surface area (Å²) in [5.74, 6) is -0.443. The van der Waals surface area contributed by atoms with Crippen molar-refractivity contribution >= 4 is 136 Å². The molecule has 7 atom stereocenters. The number of rotatable bonds is 23. The number of aryl methyl sites for hydroxylation is 10. The van der Waals surface area contributed by atoms with Crippen LogP contribution >= 0.6 is 0 Å². The van der Waals surface area contributed by atoms with Crippen molar-refractivity contribution in [2.24, 2.45) is 37.7 Å². The Bertz CT molecular complexity index is 7650. The number of hydrogen-bond acceptors (Lipinski definition) is 30. The average Bonchev–Trinajstić information content (AvgIpc) is 0.914. The molecule has 5 fully saturated rings. The lowest BCUT2D eigenvalue weighted by Crippen LogP contribution is -2.45. The highest BCUT2D eigenvalue weighted by molar-refractivity contribution is 5.84. The quantitative estimate of drug-likeness (QED) is 0.0353. The molecule has 11 N–H and O–H groups in total. The van der Waals surface area contributed by atoms with Crippen LogP contribution in [0, 0.1) is 87.0 Å². The Labute approximate surface area is 826 Å². The molecule has 754 valence electrons. The van der Waals surface area contributed by atoms with Crippen LogP contribution in [0.4, 0.5) is 68.8 Å². The monoisotopic (exact) mass is 1960 g/mol. The summed E-state index contributed by atoms with van der Waals surface area (Å²) in [4.78, 5) is 202. The van der Waals surface area contributed by atoms with E-state index < -0.39 is 47.2 Å². The third-order valence-electron chi connectivity index (χ3n) is 29.0. The molecule has 1 unspecified atom stereocenters. The van der Waals surface area contributed by atoms with E-state index in [0.717, 1.165) is 184 Å². The second kappa shape index (κ2) is 43.1. The maximum atomic E-state index is 12.5. The van der Waals surface area contributed by atoms with E-state index in [2.05, 4.69) is 136 Å². The fourth-order valence-corrected chi connectivity index (χ4v) is 20.5. The van der Waals surface area contributed by atoms with Crippen LogP contribution in [0.3, 0.4) is 0 Å². The van der Waals surface area contributed by atoms with Gasteiger partial charge in [-0.2, -0.15) is 4.98 Å². The number of fused-ring (bicyclic) bond motifs is 10. The van der Waals surface area contributed by atoms with Gasteiger partial charge in [-0.3, -0.25) is 62.7 Å². The zero-order chi connectivity index (χ0) is 103. The highest BCUT2D eigenvalue weighted by atomic mass is 16.4. The van der Waals surface area contributed by atoms with Crippen molar-refractivity contribution in [1.29, 1.82) is 0 Å². The summed E-state index contributed by atoms with van der Waals surface area (Å²) < 4.78 is 1.91. The number of carboxylic acids is 4. The summed E-state index contributed by atoms with van der Waals surface area (Å²) in [5.41, 5.74) is 18.1. The molecule has 5 aromatic carbocycles. The molecule has 3 saturated heterocycles. The smallest absolute Gasteiger partial charge is 0.349 e. The van der Waals surface area contributed by atoms with Crippen LogP contribution in [0.25, 0.3) is 48.9 Å². The fourth-order valence-electron chi connectivity index (χ4n) is 20.5. The lowest BCUT2D eigenvalue weighted by Gasteiger charge is -2.32. The minimum Gasteiger partial charge on any atom is -0.481 e. The van der Waals surface area contributed by atoms with Crippen molar-refractivity contribution in [1.82, 2.24) is 84.7 Å². The van der Waals surface area contributed by atoms with Gasteiger partial charge in [0.05, 0.1) is 62.5 Å². The van der Waals surface area contributed by atoms with Gasteiger partial charge in [-0.15, -0.1) is 0 Å². The van der Waals surface area contributed by atoms with Crippen LogP contribution in [0.15, 0.2) is 109 Å². The number of aromatic nitrogens is 12. The number of H-pyrrole nitrogens is 5. The van der Waals surface area contributed by atoms with E-state index in [1.165, 1.54) is 0 Å². The number of aliphatic carboxylic acids is 4. The molecule has 20 rings (SSSR count).